The molecule has 0 unspecified atom stereocenters. The number of hydrogen-bond acceptors (Lipinski definition) is 6. The molecule has 1 aromatic heterocycles. The lowest BCUT2D eigenvalue weighted by atomic mass is 10.2. The van der Waals surface area contributed by atoms with Gasteiger partial charge in [0.1, 0.15) is 23.0 Å². The van der Waals surface area contributed by atoms with Crippen molar-refractivity contribution >= 4 is 46.7 Å². The zero-order valence-corrected chi connectivity index (χ0v) is 16.0. The Hall–Kier alpha value is -2.45. The number of aromatic nitrogens is 1. The molecule has 1 aromatic carbocycles. The van der Waals surface area contributed by atoms with E-state index in [1.165, 1.54) is 11.0 Å². The van der Waals surface area contributed by atoms with Crippen LogP contribution in [0, 0.1) is 22.7 Å². The van der Waals surface area contributed by atoms with Gasteiger partial charge in [-0.3, -0.25) is 4.79 Å². The molecule has 0 aliphatic carbocycles. The molecule has 0 saturated heterocycles. The van der Waals surface area contributed by atoms with Gasteiger partial charge in [0.25, 0.3) is 0 Å². The van der Waals surface area contributed by atoms with Crippen LogP contribution < -0.4 is 5.73 Å². The minimum atomic E-state index is -0.158. The van der Waals surface area contributed by atoms with E-state index in [-0.39, 0.29) is 28.6 Å². The van der Waals surface area contributed by atoms with Crippen molar-refractivity contribution in [3.05, 3.63) is 51.0 Å². The number of nitrogens with two attached hydrogens (primary N) is 1. The van der Waals surface area contributed by atoms with Gasteiger partial charge in [-0.15, -0.1) is 0 Å². The van der Waals surface area contributed by atoms with Gasteiger partial charge in [-0.2, -0.15) is 10.5 Å². The van der Waals surface area contributed by atoms with Crippen LogP contribution in [-0.4, -0.2) is 28.6 Å². The highest BCUT2D eigenvalue weighted by Gasteiger charge is 2.15. The molecule has 0 atom stereocenters. The lowest BCUT2D eigenvalue weighted by molar-refractivity contribution is -0.127. The maximum atomic E-state index is 12.3. The topological polar surface area (TPSA) is 107 Å². The number of pyridine rings is 1. The maximum absolute atomic E-state index is 12.3. The molecule has 1 amide bonds. The van der Waals surface area contributed by atoms with Crippen LogP contribution in [0.25, 0.3) is 0 Å². The highest BCUT2D eigenvalue weighted by molar-refractivity contribution is 8.00. The number of hydrogen-bond donors (Lipinski definition) is 1. The second-order valence-corrected chi connectivity index (χ2v) is 7.06. The standard InChI is InChI=1S/C17H13Cl2N5OS/c1-24(8-10-2-3-13(18)14(19)4-10)15(25)9-26-17-12(7-21)5-11(6-20)16(22)23-17/h2-5H,8-9H2,1H3,(H2,22,23). The first-order chi connectivity index (χ1) is 12.3. The summed E-state index contributed by atoms with van der Waals surface area (Å²) >= 11 is 13.0. The van der Waals surface area contributed by atoms with E-state index in [0.29, 0.717) is 21.6 Å². The van der Waals surface area contributed by atoms with Gasteiger partial charge in [-0.25, -0.2) is 4.98 Å². The Kier molecular flexibility index (Phi) is 6.70. The van der Waals surface area contributed by atoms with E-state index in [4.69, 9.17) is 34.2 Å². The zero-order valence-electron chi connectivity index (χ0n) is 13.7. The van der Waals surface area contributed by atoms with Crippen LogP contribution in [0.15, 0.2) is 29.3 Å². The highest BCUT2D eigenvalue weighted by Crippen LogP contribution is 2.25. The zero-order chi connectivity index (χ0) is 19.3. The van der Waals surface area contributed by atoms with Crippen molar-refractivity contribution in [3.8, 4) is 12.1 Å². The summed E-state index contributed by atoms with van der Waals surface area (Å²) in [6.07, 6.45) is 0. The molecule has 26 heavy (non-hydrogen) atoms. The third-order valence-corrected chi connectivity index (χ3v) is 5.13. The van der Waals surface area contributed by atoms with Gasteiger partial charge in [0.05, 0.1) is 26.9 Å². The van der Waals surface area contributed by atoms with E-state index in [2.05, 4.69) is 4.98 Å². The number of thioether (sulfide) groups is 1. The minimum absolute atomic E-state index is 0.0330. The smallest absolute Gasteiger partial charge is 0.233 e. The summed E-state index contributed by atoms with van der Waals surface area (Å²) in [5.74, 6) is -0.0505. The number of halogens is 2. The van der Waals surface area contributed by atoms with E-state index < -0.39 is 0 Å². The summed E-state index contributed by atoms with van der Waals surface area (Å²) in [5, 5.41) is 19.3. The predicted molar refractivity (Wildman–Crippen MR) is 102 cm³/mol. The molecule has 0 aliphatic rings. The van der Waals surface area contributed by atoms with Gasteiger partial charge in [0, 0.05) is 13.6 Å². The fraction of sp³-hybridized carbons (Fsp3) is 0.176. The molecule has 0 spiro atoms. The Balaban J connectivity index is 2.04. The second kappa shape index (κ2) is 8.77. The fourth-order valence-electron chi connectivity index (χ4n) is 2.03. The van der Waals surface area contributed by atoms with Gasteiger partial charge >= 0.3 is 0 Å². The van der Waals surface area contributed by atoms with Gasteiger partial charge in [-0.1, -0.05) is 41.0 Å². The molecule has 9 heteroatoms. The van der Waals surface area contributed by atoms with Crippen molar-refractivity contribution in [2.75, 3.05) is 18.5 Å². The number of anilines is 1. The van der Waals surface area contributed by atoms with Crippen molar-refractivity contribution in [2.24, 2.45) is 0 Å². The maximum Gasteiger partial charge on any atom is 0.233 e. The molecule has 0 saturated carbocycles. The average molecular weight is 406 g/mol. The van der Waals surface area contributed by atoms with Gasteiger partial charge < -0.3 is 10.6 Å². The third kappa shape index (κ3) is 4.80. The molecule has 2 aromatic rings. The van der Waals surface area contributed by atoms with E-state index in [1.54, 1.807) is 25.2 Å². The predicted octanol–water partition coefficient (Wildman–Crippen LogP) is 3.46. The fourth-order valence-corrected chi connectivity index (χ4v) is 3.25. The Morgan fingerprint density at radius 2 is 1.92 bits per heavy atom. The van der Waals surface area contributed by atoms with Crippen LogP contribution in [0.5, 0.6) is 0 Å². The molecule has 132 valence electrons. The number of nitriles is 2. The number of nitrogen functional groups attached to an aromatic ring is 1. The van der Waals surface area contributed by atoms with Gasteiger partial charge in [-0.05, 0) is 23.8 Å². The summed E-state index contributed by atoms with van der Waals surface area (Å²) < 4.78 is 0. The molecule has 2 rings (SSSR count). The van der Waals surface area contributed by atoms with Gasteiger partial charge in [0.15, 0.2) is 0 Å². The number of carbonyl (C=O) groups is 1. The second-order valence-electron chi connectivity index (χ2n) is 5.28. The first kappa shape index (κ1) is 19.9. The average Bonchev–Trinajstić information content (AvgIpc) is 2.62. The monoisotopic (exact) mass is 405 g/mol. The lowest BCUT2D eigenvalue weighted by Crippen LogP contribution is -2.27. The van der Waals surface area contributed by atoms with Crippen molar-refractivity contribution in [1.29, 1.82) is 10.5 Å². The molecular formula is C17H13Cl2N5OS. The van der Waals surface area contributed by atoms with E-state index in [9.17, 15) is 10.1 Å². The lowest BCUT2D eigenvalue weighted by Gasteiger charge is -2.17. The Morgan fingerprint density at radius 3 is 2.54 bits per heavy atom. The molecule has 0 bridgehead atoms. The van der Waals surface area contributed by atoms with Crippen LogP contribution in [0.1, 0.15) is 16.7 Å². The van der Waals surface area contributed by atoms with Crippen molar-refractivity contribution in [2.45, 2.75) is 11.6 Å². The quantitative estimate of drug-likeness (QED) is 0.762. The summed E-state index contributed by atoms with van der Waals surface area (Å²) in [4.78, 5) is 17.9. The molecule has 0 fully saturated rings. The number of benzene rings is 1. The van der Waals surface area contributed by atoms with E-state index in [0.717, 1.165) is 17.3 Å². The van der Waals surface area contributed by atoms with Crippen LogP contribution in [0.3, 0.4) is 0 Å². The van der Waals surface area contributed by atoms with Crippen LogP contribution >= 0.6 is 35.0 Å². The largest absolute Gasteiger partial charge is 0.383 e. The van der Waals surface area contributed by atoms with Crippen molar-refractivity contribution in [3.63, 3.8) is 0 Å². The number of carbonyl (C=O) groups excluding carboxylic acids is 1. The molecular weight excluding hydrogens is 393 g/mol. The summed E-state index contributed by atoms with van der Waals surface area (Å²) in [5.41, 5.74) is 6.86. The van der Waals surface area contributed by atoms with Crippen molar-refractivity contribution < 1.29 is 4.79 Å². The first-order valence-electron chi connectivity index (χ1n) is 7.27. The van der Waals surface area contributed by atoms with Gasteiger partial charge in [0.2, 0.25) is 5.91 Å². The Labute approximate surface area is 165 Å². The Morgan fingerprint density at radius 1 is 1.23 bits per heavy atom. The first-order valence-corrected chi connectivity index (χ1v) is 9.01. The minimum Gasteiger partial charge on any atom is -0.383 e. The molecule has 1 heterocycles. The van der Waals surface area contributed by atoms with Crippen LogP contribution in [0.4, 0.5) is 5.82 Å². The van der Waals surface area contributed by atoms with Crippen LogP contribution in [0.2, 0.25) is 10.0 Å². The molecule has 0 aliphatic heterocycles. The number of amides is 1. The summed E-state index contributed by atoms with van der Waals surface area (Å²) in [6, 6.07) is 10.4. The molecule has 0 radical (unpaired) electrons. The highest BCUT2D eigenvalue weighted by atomic mass is 35.5. The summed E-state index contributed by atoms with van der Waals surface area (Å²) in [7, 11) is 1.66. The van der Waals surface area contributed by atoms with E-state index >= 15 is 0 Å². The Bertz CT molecular complexity index is 936. The van der Waals surface area contributed by atoms with Crippen molar-refractivity contribution in [1.82, 2.24) is 9.88 Å². The number of nitrogens with zero attached hydrogens (tertiary/aromatic N) is 4. The van der Waals surface area contributed by atoms with Crippen LogP contribution in [-0.2, 0) is 11.3 Å². The van der Waals surface area contributed by atoms with E-state index in [1.807, 2.05) is 12.1 Å². The normalized spacial score (nSPS) is 10.0. The molecule has 6 nitrogen and oxygen atoms in total. The molecule has 2 N–H and O–H groups in total. The number of rotatable bonds is 5. The third-order valence-electron chi connectivity index (χ3n) is 3.42. The SMILES string of the molecule is CN(Cc1ccc(Cl)c(Cl)c1)C(=O)CSc1nc(N)c(C#N)cc1C#N. The summed E-state index contributed by atoms with van der Waals surface area (Å²) in [6.45, 7) is 0.365.